The number of hydrogen-bond donors (Lipinski definition) is 2. The van der Waals surface area contributed by atoms with Crippen molar-refractivity contribution in [1.82, 2.24) is 14.7 Å². The van der Waals surface area contributed by atoms with Crippen LogP contribution in [-0.4, -0.2) is 82.0 Å². The van der Waals surface area contributed by atoms with Crippen LogP contribution in [0, 0.1) is 5.92 Å². The lowest BCUT2D eigenvalue weighted by molar-refractivity contribution is -0.159. The molecule has 37 heavy (non-hydrogen) atoms. The number of piperazine rings is 1. The first kappa shape index (κ1) is 28.3. The monoisotopic (exact) mass is 509 g/mol. The largest absolute Gasteiger partial charge is 0.473 e. The minimum absolute atomic E-state index is 0.209. The number of carbonyl (C=O) groups excluding carboxylic acids is 1. The standard InChI is InChI=1S/C27H37N3O.C2H2O4/c1-22(2)25-10-8-24(9-11-25)21-28-14-12-26(13-15-28)27(31)30-18-16-29(17-19-30)20-23-6-4-3-5-7-23;3-1(4)2(5)6/h3-11,22,26H,12-21H2,1-2H3;(H,3,4)(H,5,6). The molecule has 2 N–H and O–H groups in total. The van der Waals surface area contributed by atoms with Gasteiger partial charge in [0.1, 0.15) is 0 Å². The lowest BCUT2D eigenvalue weighted by atomic mass is 9.94. The van der Waals surface area contributed by atoms with E-state index < -0.39 is 11.9 Å². The fourth-order valence-electron chi connectivity index (χ4n) is 4.83. The highest BCUT2D eigenvalue weighted by Crippen LogP contribution is 2.23. The predicted octanol–water partition coefficient (Wildman–Crippen LogP) is 3.52. The summed E-state index contributed by atoms with van der Waals surface area (Å²) in [5.41, 5.74) is 4.13. The first-order valence-electron chi connectivity index (χ1n) is 13.1. The van der Waals surface area contributed by atoms with Crippen molar-refractivity contribution in [3.63, 3.8) is 0 Å². The van der Waals surface area contributed by atoms with Crippen molar-refractivity contribution in [3.05, 3.63) is 71.3 Å². The van der Waals surface area contributed by atoms with E-state index >= 15 is 0 Å². The molecule has 2 saturated heterocycles. The van der Waals surface area contributed by atoms with Crippen molar-refractivity contribution >= 4 is 17.8 Å². The van der Waals surface area contributed by atoms with Crippen LogP contribution in [0.3, 0.4) is 0 Å². The van der Waals surface area contributed by atoms with Crippen molar-refractivity contribution in [2.24, 2.45) is 5.92 Å². The van der Waals surface area contributed by atoms with E-state index in [1.54, 1.807) is 0 Å². The zero-order valence-electron chi connectivity index (χ0n) is 21.9. The Labute approximate surface area is 219 Å². The second kappa shape index (κ2) is 13.9. The highest BCUT2D eigenvalue weighted by Gasteiger charge is 2.30. The summed E-state index contributed by atoms with van der Waals surface area (Å²) in [5, 5.41) is 14.8. The predicted molar refractivity (Wildman–Crippen MR) is 142 cm³/mol. The number of aliphatic carboxylic acids is 2. The molecule has 0 spiro atoms. The molecule has 2 aliphatic rings. The minimum atomic E-state index is -1.82. The van der Waals surface area contributed by atoms with Gasteiger partial charge in [-0.25, -0.2) is 9.59 Å². The average molecular weight is 510 g/mol. The zero-order valence-corrected chi connectivity index (χ0v) is 21.9. The number of rotatable bonds is 6. The van der Waals surface area contributed by atoms with Gasteiger partial charge >= 0.3 is 11.9 Å². The number of hydrogen-bond acceptors (Lipinski definition) is 5. The highest BCUT2D eigenvalue weighted by atomic mass is 16.4. The first-order chi connectivity index (χ1) is 17.7. The molecule has 0 radical (unpaired) electrons. The molecule has 1 amide bonds. The smallest absolute Gasteiger partial charge is 0.414 e. The van der Waals surface area contributed by atoms with Gasteiger partial charge in [-0.2, -0.15) is 0 Å². The van der Waals surface area contributed by atoms with E-state index in [1.165, 1.54) is 16.7 Å². The molecule has 8 nitrogen and oxygen atoms in total. The quantitative estimate of drug-likeness (QED) is 0.575. The number of likely N-dealkylation sites (tertiary alicyclic amines) is 1. The molecule has 2 aromatic rings. The maximum absolute atomic E-state index is 13.1. The average Bonchev–Trinajstić information content (AvgIpc) is 2.90. The Kier molecular flexibility index (Phi) is 10.7. The van der Waals surface area contributed by atoms with E-state index in [0.717, 1.165) is 65.2 Å². The Morgan fingerprint density at radius 2 is 1.22 bits per heavy atom. The van der Waals surface area contributed by atoms with Gasteiger partial charge in [0.2, 0.25) is 5.91 Å². The van der Waals surface area contributed by atoms with Gasteiger partial charge in [-0.05, 0) is 48.5 Å². The molecule has 0 unspecified atom stereocenters. The van der Waals surface area contributed by atoms with Gasteiger partial charge in [-0.1, -0.05) is 68.4 Å². The van der Waals surface area contributed by atoms with Crippen LogP contribution in [0.5, 0.6) is 0 Å². The molecule has 4 rings (SSSR count). The summed E-state index contributed by atoms with van der Waals surface area (Å²) in [7, 11) is 0. The molecule has 8 heteroatoms. The Morgan fingerprint density at radius 3 is 1.70 bits per heavy atom. The third-order valence-corrected chi connectivity index (χ3v) is 7.11. The second-order valence-electron chi connectivity index (χ2n) is 10.1. The highest BCUT2D eigenvalue weighted by molar-refractivity contribution is 6.27. The molecule has 2 aliphatic heterocycles. The number of benzene rings is 2. The Bertz CT molecular complexity index is 998. The maximum Gasteiger partial charge on any atom is 0.414 e. The van der Waals surface area contributed by atoms with Crippen molar-refractivity contribution in [3.8, 4) is 0 Å². The van der Waals surface area contributed by atoms with Crippen LogP contribution in [0.25, 0.3) is 0 Å². The lowest BCUT2D eigenvalue weighted by Crippen LogP contribution is -2.51. The number of amides is 1. The number of carboxylic acids is 2. The van der Waals surface area contributed by atoms with E-state index in [2.05, 4.69) is 83.1 Å². The molecule has 2 heterocycles. The summed E-state index contributed by atoms with van der Waals surface area (Å²) in [6.45, 7) is 12.2. The summed E-state index contributed by atoms with van der Waals surface area (Å²) in [6.07, 6.45) is 1.99. The SMILES string of the molecule is CC(C)c1ccc(CN2CCC(C(=O)N3CCN(Cc4ccccc4)CC3)CC2)cc1.O=C(O)C(=O)O. The molecule has 2 aromatic carbocycles. The Balaban J connectivity index is 0.000000568. The van der Waals surface area contributed by atoms with Gasteiger partial charge in [0.25, 0.3) is 0 Å². The molecule has 200 valence electrons. The third-order valence-electron chi connectivity index (χ3n) is 7.11. The Morgan fingerprint density at radius 1 is 0.730 bits per heavy atom. The van der Waals surface area contributed by atoms with Gasteiger partial charge in [0.05, 0.1) is 0 Å². The summed E-state index contributed by atoms with van der Waals surface area (Å²) in [6, 6.07) is 19.7. The van der Waals surface area contributed by atoms with Crippen LogP contribution in [-0.2, 0) is 27.5 Å². The number of piperidine rings is 1. The van der Waals surface area contributed by atoms with Crippen LogP contribution in [0.4, 0.5) is 0 Å². The van der Waals surface area contributed by atoms with Crippen LogP contribution >= 0.6 is 0 Å². The summed E-state index contributed by atoms with van der Waals surface area (Å²) in [5.74, 6) is -2.47. The second-order valence-corrected chi connectivity index (χ2v) is 10.1. The molecular formula is C29H39N3O5. The van der Waals surface area contributed by atoms with Crippen molar-refractivity contribution in [2.75, 3.05) is 39.3 Å². The number of carboxylic acid groups (broad SMARTS) is 2. The van der Waals surface area contributed by atoms with E-state index in [4.69, 9.17) is 19.8 Å². The fraction of sp³-hybridized carbons (Fsp3) is 0.483. The van der Waals surface area contributed by atoms with E-state index in [1.807, 2.05) is 0 Å². The molecular weight excluding hydrogens is 470 g/mol. The molecule has 2 fully saturated rings. The van der Waals surface area contributed by atoms with E-state index in [0.29, 0.717) is 11.8 Å². The van der Waals surface area contributed by atoms with Crippen LogP contribution in [0.2, 0.25) is 0 Å². The van der Waals surface area contributed by atoms with Gasteiger partial charge in [-0.3, -0.25) is 14.6 Å². The van der Waals surface area contributed by atoms with Gasteiger partial charge < -0.3 is 15.1 Å². The number of carbonyl (C=O) groups is 3. The minimum Gasteiger partial charge on any atom is -0.473 e. The van der Waals surface area contributed by atoms with Crippen molar-refractivity contribution < 1.29 is 24.6 Å². The van der Waals surface area contributed by atoms with Gasteiger partial charge in [0, 0.05) is 45.2 Å². The number of nitrogens with zero attached hydrogens (tertiary/aromatic N) is 3. The van der Waals surface area contributed by atoms with Gasteiger partial charge in [-0.15, -0.1) is 0 Å². The maximum atomic E-state index is 13.1. The lowest BCUT2D eigenvalue weighted by Gasteiger charge is -2.38. The third kappa shape index (κ3) is 8.98. The molecule has 0 aromatic heterocycles. The van der Waals surface area contributed by atoms with E-state index in [9.17, 15) is 4.79 Å². The summed E-state index contributed by atoms with van der Waals surface area (Å²) < 4.78 is 0. The molecule has 0 atom stereocenters. The summed E-state index contributed by atoms with van der Waals surface area (Å²) >= 11 is 0. The fourth-order valence-corrected chi connectivity index (χ4v) is 4.83. The van der Waals surface area contributed by atoms with Crippen LogP contribution in [0.15, 0.2) is 54.6 Å². The zero-order chi connectivity index (χ0) is 26.8. The summed E-state index contributed by atoms with van der Waals surface area (Å²) in [4.78, 5) is 38.4. The van der Waals surface area contributed by atoms with Crippen molar-refractivity contribution in [2.45, 2.75) is 45.7 Å². The normalized spacial score (nSPS) is 17.2. The molecule has 0 aliphatic carbocycles. The van der Waals surface area contributed by atoms with E-state index in [-0.39, 0.29) is 5.92 Å². The molecule has 0 bridgehead atoms. The van der Waals surface area contributed by atoms with Crippen LogP contribution < -0.4 is 0 Å². The van der Waals surface area contributed by atoms with Crippen molar-refractivity contribution in [1.29, 1.82) is 0 Å². The first-order valence-corrected chi connectivity index (χ1v) is 13.1. The molecule has 0 saturated carbocycles. The van der Waals surface area contributed by atoms with Gasteiger partial charge in [0.15, 0.2) is 0 Å². The topological polar surface area (TPSA) is 101 Å². The Hall–Kier alpha value is -3.23. The van der Waals surface area contributed by atoms with Crippen LogP contribution in [0.1, 0.15) is 49.3 Å².